The number of aryl methyl sites for hydroxylation is 1. The van der Waals surface area contributed by atoms with Gasteiger partial charge in [0.2, 0.25) is 11.8 Å². The first-order chi connectivity index (χ1) is 20.7. The van der Waals surface area contributed by atoms with E-state index < -0.39 is 24.2 Å². The van der Waals surface area contributed by atoms with Crippen LogP contribution in [0, 0.1) is 10.5 Å². The van der Waals surface area contributed by atoms with E-state index in [1.54, 1.807) is 23.1 Å². The summed E-state index contributed by atoms with van der Waals surface area (Å²) in [5, 5.41) is 23.7. The Morgan fingerprint density at radius 1 is 1.14 bits per heavy atom. The molecule has 0 unspecified atom stereocenters. The molecule has 0 saturated heterocycles. The lowest BCUT2D eigenvalue weighted by molar-refractivity contribution is -0.139. The molecule has 0 heterocycles. The maximum Gasteiger partial charge on any atom is 0.247 e. The lowest BCUT2D eigenvalue weighted by Gasteiger charge is -2.41. The second-order valence-corrected chi connectivity index (χ2v) is 12.0. The zero-order valence-electron chi connectivity index (χ0n) is 25.2. The van der Waals surface area contributed by atoms with Crippen molar-refractivity contribution >= 4 is 40.7 Å². The maximum atomic E-state index is 13.8. The van der Waals surface area contributed by atoms with E-state index in [0.717, 1.165) is 43.2 Å². The van der Waals surface area contributed by atoms with E-state index in [9.17, 15) is 24.6 Å². The summed E-state index contributed by atoms with van der Waals surface area (Å²) in [6.45, 7) is 4.25. The molecule has 0 bridgehead atoms. The van der Waals surface area contributed by atoms with Crippen LogP contribution >= 0.6 is 22.6 Å². The third kappa shape index (κ3) is 9.77. The molecular formula is C33H43IN2O7. The minimum Gasteiger partial charge on any atom is -0.493 e. The third-order valence-corrected chi connectivity index (χ3v) is 8.35. The van der Waals surface area contributed by atoms with Crippen LogP contribution in [0.4, 0.5) is 0 Å². The summed E-state index contributed by atoms with van der Waals surface area (Å²) in [6.07, 6.45) is 5.52. The van der Waals surface area contributed by atoms with Crippen LogP contribution in [0.3, 0.4) is 0 Å². The first-order valence-electron chi connectivity index (χ1n) is 14.8. The van der Waals surface area contributed by atoms with Crippen LogP contribution < -0.4 is 14.8 Å². The van der Waals surface area contributed by atoms with Crippen LogP contribution in [0.15, 0.2) is 48.0 Å². The van der Waals surface area contributed by atoms with Crippen molar-refractivity contribution in [3.8, 4) is 11.5 Å². The van der Waals surface area contributed by atoms with Gasteiger partial charge in [0.25, 0.3) is 0 Å². The van der Waals surface area contributed by atoms with Crippen molar-refractivity contribution < 1.29 is 34.1 Å². The zero-order chi connectivity index (χ0) is 31.4. The van der Waals surface area contributed by atoms with Gasteiger partial charge in [-0.3, -0.25) is 14.4 Å². The highest BCUT2D eigenvalue weighted by molar-refractivity contribution is 14.1. The van der Waals surface area contributed by atoms with Crippen molar-refractivity contribution in [2.45, 2.75) is 83.6 Å². The summed E-state index contributed by atoms with van der Waals surface area (Å²) in [6, 6.07) is 10.3. The number of rotatable bonds is 16. The average molecular weight is 707 g/mol. The molecule has 0 aromatic heterocycles. The number of amides is 2. The number of aldehydes is 1. The van der Waals surface area contributed by atoms with Gasteiger partial charge in [-0.1, -0.05) is 62.4 Å². The predicted molar refractivity (Wildman–Crippen MR) is 173 cm³/mol. The minimum atomic E-state index is -1.17. The van der Waals surface area contributed by atoms with E-state index in [2.05, 4.69) is 12.2 Å². The molecule has 0 fully saturated rings. The van der Waals surface area contributed by atoms with Crippen molar-refractivity contribution in [1.29, 1.82) is 0 Å². The minimum absolute atomic E-state index is 0.0670. The first kappa shape index (κ1) is 34.5. The second-order valence-electron chi connectivity index (χ2n) is 10.8. The molecule has 0 spiro atoms. The molecule has 2 aromatic rings. The van der Waals surface area contributed by atoms with E-state index in [0.29, 0.717) is 38.9 Å². The number of carbonyl (C=O) groups excluding carboxylic acids is 3. The molecule has 0 aliphatic heterocycles. The standard InChI is InChI=1S/C33H43IN2O7/c1-4-5-6-7-8-9-30(39)36(20-23-12-10-22(2)11-13-23)27-18-25(33(41)35-14-15-37)19-28(31(27)40)43-32-26(34)16-24(21-38)17-29(32)42-3/h10-13,16-17,19,21,27-28,31,37,40H,4-9,14-15,18,20H2,1-3H3,(H,35,41)/t27-,28+,31+/m1/s1. The Hall–Kier alpha value is -2.96. The van der Waals surface area contributed by atoms with E-state index >= 15 is 0 Å². The summed E-state index contributed by atoms with van der Waals surface area (Å²) in [5.41, 5.74) is 2.76. The molecule has 9 nitrogen and oxygen atoms in total. The van der Waals surface area contributed by atoms with E-state index in [1.165, 1.54) is 7.11 Å². The fourth-order valence-electron chi connectivity index (χ4n) is 5.14. The fraction of sp³-hybridized carbons (Fsp3) is 0.485. The lowest BCUT2D eigenvalue weighted by atomic mass is 9.87. The van der Waals surface area contributed by atoms with Crippen LogP contribution in [-0.4, -0.2) is 71.7 Å². The molecule has 3 rings (SSSR count). The number of halogens is 1. The Labute approximate surface area is 267 Å². The van der Waals surface area contributed by atoms with Gasteiger partial charge in [0, 0.05) is 37.1 Å². The molecule has 2 amide bonds. The molecule has 2 aromatic carbocycles. The lowest BCUT2D eigenvalue weighted by Crippen LogP contribution is -2.54. The Kier molecular flexibility index (Phi) is 13.9. The summed E-state index contributed by atoms with van der Waals surface area (Å²) in [5.74, 6) is 0.124. The zero-order valence-corrected chi connectivity index (χ0v) is 27.3. The van der Waals surface area contributed by atoms with Gasteiger partial charge in [-0.15, -0.1) is 0 Å². The highest BCUT2D eigenvalue weighted by atomic mass is 127. The van der Waals surface area contributed by atoms with Gasteiger partial charge in [-0.2, -0.15) is 0 Å². The third-order valence-electron chi connectivity index (χ3n) is 7.54. The number of nitrogens with zero attached hydrogens (tertiary/aromatic N) is 1. The van der Waals surface area contributed by atoms with Crippen LogP contribution in [0.25, 0.3) is 0 Å². The molecule has 3 N–H and O–H groups in total. The number of hydrogen-bond acceptors (Lipinski definition) is 7. The number of nitrogens with one attached hydrogen (secondary N) is 1. The number of ether oxygens (including phenoxy) is 2. The Morgan fingerprint density at radius 3 is 2.51 bits per heavy atom. The topological polar surface area (TPSA) is 125 Å². The van der Waals surface area contributed by atoms with Gasteiger partial charge >= 0.3 is 0 Å². The SMILES string of the molecule is CCCCCCCC(=O)N(Cc1ccc(C)cc1)[C@@H]1CC(C(=O)NCCO)=C[C@H](Oc2c(I)cc(C=O)cc2OC)[C@H]1O. The van der Waals surface area contributed by atoms with Crippen molar-refractivity contribution in [2.24, 2.45) is 0 Å². The molecule has 1 aliphatic rings. The van der Waals surface area contributed by atoms with Gasteiger partial charge < -0.3 is 29.9 Å². The number of aliphatic hydroxyl groups is 2. The van der Waals surface area contributed by atoms with E-state index in [4.69, 9.17) is 9.47 Å². The first-order valence-corrected chi connectivity index (χ1v) is 15.9. The second kappa shape index (κ2) is 17.4. The van der Waals surface area contributed by atoms with Gasteiger partial charge in [-0.05, 0) is 59.7 Å². The van der Waals surface area contributed by atoms with Gasteiger partial charge in [-0.25, -0.2) is 0 Å². The Bertz CT molecular complexity index is 1260. The monoisotopic (exact) mass is 706 g/mol. The van der Waals surface area contributed by atoms with Crippen molar-refractivity contribution in [1.82, 2.24) is 10.2 Å². The highest BCUT2D eigenvalue weighted by Gasteiger charge is 2.41. The van der Waals surface area contributed by atoms with Crippen LogP contribution in [0.5, 0.6) is 11.5 Å². The fourth-order valence-corrected chi connectivity index (χ4v) is 5.89. The maximum absolute atomic E-state index is 13.8. The van der Waals surface area contributed by atoms with Crippen LogP contribution in [0.2, 0.25) is 0 Å². The Balaban J connectivity index is 1.99. The van der Waals surface area contributed by atoms with Gasteiger partial charge in [0.15, 0.2) is 11.5 Å². The number of hydrogen-bond donors (Lipinski definition) is 3. The summed E-state index contributed by atoms with van der Waals surface area (Å²) < 4.78 is 12.4. The molecule has 0 radical (unpaired) electrons. The number of unbranched alkanes of at least 4 members (excludes halogenated alkanes) is 4. The van der Waals surface area contributed by atoms with Crippen LogP contribution in [0.1, 0.15) is 73.4 Å². The summed E-state index contributed by atoms with van der Waals surface area (Å²) in [4.78, 5) is 40.0. The largest absolute Gasteiger partial charge is 0.493 e. The predicted octanol–water partition coefficient (Wildman–Crippen LogP) is 4.73. The molecule has 1 aliphatic carbocycles. The van der Waals surface area contributed by atoms with Crippen molar-refractivity contribution in [3.63, 3.8) is 0 Å². The molecule has 43 heavy (non-hydrogen) atoms. The van der Waals surface area contributed by atoms with Crippen molar-refractivity contribution in [2.75, 3.05) is 20.3 Å². The highest BCUT2D eigenvalue weighted by Crippen LogP contribution is 2.37. The van der Waals surface area contributed by atoms with Crippen molar-refractivity contribution in [3.05, 3.63) is 68.3 Å². The number of methoxy groups -OCH3 is 1. The molecule has 3 atom stereocenters. The number of aliphatic hydroxyl groups excluding tert-OH is 2. The molecular weight excluding hydrogens is 663 g/mol. The molecule has 234 valence electrons. The molecule has 0 saturated carbocycles. The Morgan fingerprint density at radius 2 is 1.86 bits per heavy atom. The van der Waals surface area contributed by atoms with Crippen LogP contribution in [-0.2, 0) is 16.1 Å². The van der Waals surface area contributed by atoms with Gasteiger partial charge in [0.1, 0.15) is 18.5 Å². The number of carbonyl (C=O) groups is 3. The smallest absolute Gasteiger partial charge is 0.247 e. The summed E-state index contributed by atoms with van der Waals surface area (Å²) >= 11 is 2.03. The quantitative estimate of drug-likeness (QED) is 0.131. The van der Waals surface area contributed by atoms with Gasteiger partial charge in [0.05, 0.1) is 23.3 Å². The summed E-state index contributed by atoms with van der Waals surface area (Å²) in [7, 11) is 1.46. The number of benzene rings is 2. The normalized spacial score (nSPS) is 18.0. The average Bonchev–Trinajstić information content (AvgIpc) is 3.01. The van der Waals surface area contributed by atoms with E-state index in [-0.39, 0.29) is 32.0 Å². The van der Waals surface area contributed by atoms with E-state index in [1.807, 2.05) is 53.8 Å². The molecule has 10 heteroatoms.